The van der Waals surface area contributed by atoms with Crippen molar-refractivity contribution in [3.8, 4) is 17.2 Å². The summed E-state index contributed by atoms with van der Waals surface area (Å²) in [5, 5.41) is 9.72. The zero-order valence-electron chi connectivity index (χ0n) is 18.6. The van der Waals surface area contributed by atoms with Crippen LogP contribution in [0.25, 0.3) is 0 Å². The lowest BCUT2D eigenvalue weighted by atomic mass is 10.1. The van der Waals surface area contributed by atoms with E-state index in [1.807, 2.05) is 26.0 Å². The van der Waals surface area contributed by atoms with Crippen molar-refractivity contribution >= 4 is 5.91 Å². The summed E-state index contributed by atoms with van der Waals surface area (Å²) in [6.07, 6.45) is 5.93. The van der Waals surface area contributed by atoms with Crippen molar-refractivity contribution in [1.82, 2.24) is 4.90 Å². The van der Waals surface area contributed by atoms with Crippen LogP contribution in [0.1, 0.15) is 41.3 Å². The Morgan fingerprint density at radius 1 is 1.03 bits per heavy atom. The van der Waals surface area contributed by atoms with Gasteiger partial charge in [-0.25, -0.2) is 0 Å². The Kier molecular flexibility index (Phi) is 9.69. The van der Waals surface area contributed by atoms with Crippen LogP contribution in [0.4, 0.5) is 0 Å². The predicted octanol–water partition coefficient (Wildman–Crippen LogP) is 5.32. The van der Waals surface area contributed by atoms with Crippen LogP contribution in [0.5, 0.6) is 17.2 Å². The minimum absolute atomic E-state index is 0.0560. The zero-order valence-corrected chi connectivity index (χ0v) is 18.6. The van der Waals surface area contributed by atoms with Gasteiger partial charge in [0, 0.05) is 18.7 Å². The Bertz CT molecular complexity index is 864. The Morgan fingerprint density at radius 2 is 1.65 bits per heavy atom. The first-order valence-electron chi connectivity index (χ1n) is 10.7. The van der Waals surface area contributed by atoms with Gasteiger partial charge in [-0.2, -0.15) is 0 Å². The Labute approximate surface area is 185 Å². The Morgan fingerprint density at radius 3 is 2.23 bits per heavy atom. The molecular weight excluding hydrogens is 390 g/mol. The summed E-state index contributed by atoms with van der Waals surface area (Å²) >= 11 is 0. The van der Waals surface area contributed by atoms with E-state index < -0.39 is 0 Å². The summed E-state index contributed by atoms with van der Waals surface area (Å²) < 4.78 is 11.7. The third kappa shape index (κ3) is 7.21. The summed E-state index contributed by atoms with van der Waals surface area (Å²) in [7, 11) is 0. The normalized spacial score (nSPS) is 10.4. The molecule has 1 N–H and O–H groups in total. The van der Waals surface area contributed by atoms with Crippen molar-refractivity contribution in [2.24, 2.45) is 0 Å². The molecule has 0 fully saturated rings. The van der Waals surface area contributed by atoms with Gasteiger partial charge in [-0.05, 0) is 73.7 Å². The van der Waals surface area contributed by atoms with E-state index in [1.165, 1.54) is 0 Å². The fraction of sp³-hybridized carbons (Fsp3) is 0.346. The van der Waals surface area contributed by atoms with Gasteiger partial charge in [-0.15, -0.1) is 13.2 Å². The topological polar surface area (TPSA) is 59.0 Å². The number of phenols is 1. The smallest absolute Gasteiger partial charge is 0.254 e. The average molecular weight is 424 g/mol. The van der Waals surface area contributed by atoms with Crippen molar-refractivity contribution < 1.29 is 19.4 Å². The highest BCUT2D eigenvalue weighted by molar-refractivity contribution is 5.94. The molecule has 0 aromatic heterocycles. The van der Waals surface area contributed by atoms with E-state index in [1.54, 1.807) is 41.3 Å². The molecule has 0 aliphatic carbocycles. The van der Waals surface area contributed by atoms with Gasteiger partial charge in [0.2, 0.25) is 0 Å². The fourth-order valence-corrected chi connectivity index (χ4v) is 3.29. The summed E-state index contributed by atoms with van der Waals surface area (Å²) in [6, 6.07) is 10.7. The number of hydrogen-bond acceptors (Lipinski definition) is 4. The first kappa shape index (κ1) is 24.1. The second kappa shape index (κ2) is 12.5. The number of carbonyl (C=O) groups is 1. The van der Waals surface area contributed by atoms with Gasteiger partial charge in [0.15, 0.2) is 0 Å². The third-order valence-electron chi connectivity index (χ3n) is 4.86. The van der Waals surface area contributed by atoms with Crippen LogP contribution < -0.4 is 9.47 Å². The standard InChI is InChI=1S/C26H33NO4/c1-5-14-27(15-6-2)26(29)22-10-12-24(13-11-22)30-16-8-9-17-31-25-20(4)18-23(28)19-21(25)7-3/h5-6,10-13,18-19,28H,1-2,7-9,14-17H2,3-4H3. The monoisotopic (exact) mass is 423 g/mol. The Balaban J connectivity index is 1.76. The highest BCUT2D eigenvalue weighted by Crippen LogP contribution is 2.29. The maximum absolute atomic E-state index is 12.5. The van der Waals surface area contributed by atoms with Gasteiger partial charge in [0.05, 0.1) is 13.2 Å². The number of phenolic OH excluding ortho intramolecular Hbond substituents is 1. The first-order valence-corrected chi connectivity index (χ1v) is 10.7. The second-order valence-electron chi connectivity index (χ2n) is 7.32. The van der Waals surface area contributed by atoms with Crippen LogP contribution in [0.15, 0.2) is 61.7 Å². The molecule has 0 aliphatic heterocycles. The minimum atomic E-state index is -0.0560. The molecule has 0 spiro atoms. The molecule has 0 unspecified atom stereocenters. The quantitative estimate of drug-likeness (QED) is 0.350. The number of aryl methyl sites for hydroxylation is 2. The van der Waals surface area contributed by atoms with Gasteiger partial charge in [0.25, 0.3) is 5.91 Å². The van der Waals surface area contributed by atoms with E-state index >= 15 is 0 Å². The molecule has 5 nitrogen and oxygen atoms in total. The van der Waals surface area contributed by atoms with E-state index in [0.717, 1.165) is 41.9 Å². The lowest BCUT2D eigenvalue weighted by molar-refractivity contribution is 0.0791. The van der Waals surface area contributed by atoms with Gasteiger partial charge in [-0.3, -0.25) is 4.79 Å². The summed E-state index contributed by atoms with van der Waals surface area (Å²) in [5.41, 5.74) is 2.58. The van der Waals surface area contributed by atoms with Crippen molar-refractivity contribution in [1.29, 1.82) is 0 Å². The maximum Gasteiger partial charge on any atom is 0.254 e. The molecule has 0 bridgehead atoms. The molecule has 166 valence electrons. The number of amides is 1. The molecule has 2 rings (SSSR count). The molecule has 31 heavy (non-hydrogen) atoms. The number of hydrogen-bond donors (Lipinski definition) is 1. The Hall–Kier alpha value is -3.21. The number of unbranched alkanes of at least 4 members (excludes halogenated alkanes) is 1. The van der Waals surface area contributed by atoms with Crippen LogP contribution in [0, 0.1) is 6.92 Å². The molecule has 2 aromatic carbocycles. The number of carbonyl (C=O) groups excluding carboxylic acids is 1. The van der Waals surface area contributed by atoms with Gasteiger partial charge < -0.3 is 19.5 Å². The molecule has 0 aliphatic rings. The highest BCUT2D eigenvalue weighted by atomic mass is 16.5. The number of aromatic hydroxyl groups is 1. The van der Waals surface area contributed by atoms with E-state index in [2.05, 4.69) is 13.2 Å². The summed E-state index contributed by atoms with van der Waals surface area (Å²) in [4.78, 5) is 14.2. The molecule has 5 heteroatoms. The van der Waals surface area contributed by atoms with Crippen LogP contribution >= 0.6 is 0 Å². The van der Waals surface area contributed by atoms with E-state index in [4.69, 9.17) is 9.47 Å². The third-order valence-corrected chi connectivity index (χ3v) is 4.86. The maximum atomic E-state index is 12.5. The minimum Gasteiger partial charge on any atom is -0.508 e. The molecule has 2 aromatic rings. The number of benzene rings is 2. The van der Waals surface area contributed by atoms with Gasteiger partial charge in [-0.1, -0.05) is 19.1 Å². The van der Waals surface area contributed by atoms with Gasteiger partial charge in [0.1, 0.15) is 17.2 Å². The molecule has 0 atom stereocenters. The molecular formula is C26H33NO4. The molecule has 0 radical (unpaired) electrons. The zero-order chi connectivity index (χ0) is 22.6. The lowest BCUT2D eigenvalue weighted by Crippen LogP contribution is -2.31. The lowest BCUT2D eigenvalue weighted by Gasteiger charge is -2.19. The number of nitrogens with zero attached hydrogens (tertiary/aromatic N) is 1. The first-order chi connectivity index (χ1) is 15.0. The number of ether oxygens (including phenoxy) is 2. The van der Waals surface area contributed by atoms with E-state index in [0.29, 0.717) is 31.9 Å². The van der Waals surface area contributed by atoms with E-state index in [-0.39, 0.29) is 11.7 Å². The van der Waals surface area contributed by atoms with Crippen LogP contribution in [-0.4, -0.2) is 42.2 Å². The van der Waals surface area contributed by atoms with Gasteiger partial charge >= 0.3 is 0 Å². The molecule has 0 saturated heterocycles. The molecule has 0 saturated carbocycles. The molecule has 0 heterocycles. The predicted molar refractivity (Wildman–Crippen MR) is 125 cm³/mol. The van der Waals surface area contributed by atoms with Crippen molar-refractivity contribution in [3.05, 3.63) is 78.4 Å². The van der Waals surface area contributed by atoms with Crippen molar-refractivity contribution in [2.75, 3.05) is 26.3 Å². The summed E-state index contributed by atoms with van der Waals surface area (Å²) in [5.74, 6) is 1.82. The second-order valence-corrected chi connectivity index (χ2v) is 7.32. The SMILES string of the molecule is C=CCN(CC=C)C(=O)c1ccc(OCCCCOc2c(C)cc(O)cc2CC)cc1. The van der Waals surface area contributed by atoms with Crippen LogP contribution in [-0.2, 0) is 6.42 Å². The fourth-order valence-electron chi connectivity index (χ4n) is 3.29. The highest BCUT2D eigenvalue weighted by Gasteiger charge is 2.13. The van der Waals surface area contributed by atoms with Crippen LogP contribution in [0.3, 0.4) is 0 Å². The molecule has 1 amide bonds. The average Bonchev–Trinajstić information content (AvgIpc) is 2.76. The van der Waals surface area contributed by atoms with E-state index in [9.17, 15) is 9.90 Å². The largest absolute Gasteiger partial charge is 0.508 e. The number of rotatable bonds is 13. The van der Waals surface area contributed by atoms with Crippen molar-refractivity contribution in [2.45, 2.75) is 33.1 Å². The summed E-state index contributed by atoms with van der Waals surface area (Å²) in [6.45, 7) is 13.5. The van der Waals surface area contributed by atoms with Crippen LogP contribution in [0.2, 0.25) is 0 Å². The van der Waals surface area contributed by atoms with Crippen molar-refractivity contribution in [3.63, 3.8) is 0 Å².